The van der Waals surface area contributed by atoms with Gasteiger partial charge < -0.3 is 9.88 Å². The molecular weight excluding hydrogens is 238 g/mol. The highest BCUT2D eigenvalue weighted by atomic mass is 32.2. The summed E-state index contributed by atoms with van der Waals surface area (Å²) in [6.45, 7) is 4.12. The second-order valence-corrected chi connectivity index (χ2v) is 7.35. The minimum absolute atomic E-state index is 0.0325. The molecule has 1 unspecified atom stereocenters. The number of hydrogen-bond donors (Lipinski definition) is 1. The van der Waals surface area contributed by atoms with Crippen molar-refractivity contribution in [1.29, 1.82) is 0 Å². The van der Waals surface area contributed by atoms with Gasteiger partial charge in [-0.05, 0) is 27.3 Å². The molecule has 0 aliphatic carbocycles. The highest BCUT2D eigenvalue weighted by Crippen LogP contribution is 2.28. The predicted octanol–water partition coefficient (Wildman–Crippen LogP) is 0.697. The first-order valence-corrected chi connectivity index (χ1v) is 7.59. The molecule has 0 bridgehead atoms. The molecule has 0 spiro atoms. The lowest BCUT2D eigenvalue weighted by molar-refractivity contribution is 0.391. The van der Waals surface area contributed by atoms with Crippen molar-refractivity contribution in [2.45, 2.75) is 31.8 Å². The Kier molecular flexibility index (Phi) is 3.03. The summed E-state index contributed by atoms with van der Waals surface area (Å²) in [7, 11) is -0.968. The first-order valence-electron chi connectivity index (χ1n) is 5.77. The number of nitrogens with zero attached hydrogens (tertiary/aromatic N) is 2. The molecule has 1 aliphatic rings. The number of rotatable bonds is 3. The molecule has 0 amide bonds. The molecule has 0 aromatic carbocycles. The van der Waals surface area contributed by atoms with E-state index in [1.165, 1.54) is 0 Å². The molecule has 6 heteroatoms. The molecule has 96 valence electrons. The van der Waals surface area contributed by atoms with E-state index in [9.17, 15) is 8.42 Å². The molecule has 1 atom stereocenters. The Labute approximate surface area is 102 Å². The zero-order chi connectivity index (χ0) is 12.7. The molecule has 0 radical (unpaired) electrons. The van der Waals surface area contributed by atoms with Crippen LogP contribution >= 0.6 is 0 Å². The summed E-state index contributed by atoms with van der Waals surface area (Å²) >= 11 is 0. The summed E-state index contributed by atoms with van der Waals surface area (Å²) in [5, 5.41) is 3.22. The van der Waals surface area contributed by atoms with Gasteiger partial charge in [-0.15, -0.1) is 0 Å². The smallest absolute Gasteiger partial charge is 0.152 e. The van der Waals surface area contributed by atoms with Crippen LogP contribution in [-0.2, 0) is 15.4 Å². The van der Waals surface area contributed by atoms with Crippen molar-refractivity contribution >= 4 is 9.84 Å². The average molecular weight is 257 g/mol. The fraction of sp³-hybridized carbons (Fsp3) is 0.727. The van der Waals surface area contributed by atoms with Crippen molar-refractivity contribution in [3.05, 3.63) is 18.2 Å². The molecule has 2 rings (SSSR count). The van der Waals surface area contributed by atoms with E-state index in [0.29, 0.717) is 6.42 Å². The Morgan fingerprint density at radius 3 is 2.76 bits per heavy atom. The molecule has 1 aliphatic heterocycles. The predicted molar refractivity (Wildman–Crippen MR) is 66.6 cm³/mol. The van der Waals surface area contributed by atoms with Crippen LogP contribution in [-0.4, -0.2) is 36.5 Å². The van der Waals surface area contributed by atoms with Crippen molar-refractivity contribution in [3.8, 4) is 0 Å². The maximum absolute atomic E-state index is 11.5. The summed E-state index contributed by atoms with van der Waals surface area (Å²) in [5.41, 5.74) is 0.824. The van der Waals surface area contributed by atoms with E-state index in [2.05, 4.69) is 24.1 Å². The largest absolute Gasteiger partial charge is 0.329 e. The van der Waals surface area contributed by atoms with Gasteiger partial charge in [-0.3, -0.25) is 0 Å². The quantitative estimate of drug-likeness (QED) is 0.865. The first kappa shape index (κ1) is 12.6. The third-order valence-corrected chi connectivity index (χ3v) is 5.28. The Hall–Kier alpha value is -0.880. The zero-order valence-electron chi connectivity index (χ0n) is 10.5. The fourth-order valence-electron chi connectivity index (χ4n) is 2.20. The van der Waals surface area contributed by atoms with Gasteiger partial charge in [0.1, 0.15) is 0 Å². The van der Waals surface area contributed by atoms with Crippen molar-refractivity contribution in [2.24, 2.45) is 0 Å². The SMILES string of the molecule is CNC(C)(C)c1cncn1C1CCS(=O)(=O)C1. The van der Waals surface area contributed by atoms with E-state index in [4.69, 9.17) is 0 Å². The molecule has 1 N–H and O–H groups in total. The van der Waals surface area contributed by atoms with Crippen LogP contribution in [0.4, 0.5) is 0 Å². The topological polar surface area (TPSA) is 64.0 Å². The van der Waals surface area contributed by atoms with Crippen molar-refractivity contribution in [2.75, 3.05) is 18.6 Å². The zero-order valence-corrected chi connectivity index (χ0v) is 11.3. The summed E-state index contributed by atoms with van der Waals surface area (Å²) in [6, 6.07) is 0.0325. The molecule has 1 aromatic rings. The number of imidazole rings is 1. The maximum atomic E-state index is 11.5. The normalized spacial score (nSPS) is 24.1. The van der Waals surface area contributed by atoms with Crippen molar-refractivity contribution in [3.63, 3.8) is 0 Å². The molecule has 1 aromatic heterocycles. The number of hydrogen-bond acceptors (Lipinski definition) is 4. The maximum Gasteiger partial charge on any atom is 0.152 e. The summed E-state index contributed by atoms with van der Waals surface area (Å²) in [4.78, 5) is 4.16. The molecule has 5 nitrogen and oxygen atoms in total. The van der Waals surface area contributed by atoms with E-state index in [1.807, 2.05) is 11.6 Å². The van der Waals surface area contributed by atoms with Crippen LogP contribution in [0.25, 0.3) is 0 Å². The van der Waals surface area contributed by atoms with E-state index in [1.54, 1.807) is 12.5 Å². The number of sulfone groups is 1. The summed E-state index contributed by atoms with van der Waals surface area (Å²) in [6.07, 6.45) is 4.23. The Balaban J connectivity index is 2.33. The van der Waals surface area contributed by atoms with Gasteiger partial charge in [0.2, 0.25) is 0 Å². The van der Waals surface area contributed by atoms with Crippen LogP contribution in [0, 0.1) is 0 Å². The summed E-state index contributed by atoms with van der Waals surface area (Å²) in [5.74, 6) is 0.519. The number of nitrogens with one attached hydrogen (secondary N) is 1. The van der Waals surface area contributed by atoms with Crippen LogP contribution in [0.15, 0.2) is 12.5 Å². The lowest BCUT2D eigenvalue weighted by Gasteiger charge is -2.27. The average Bonchev–Trinajstić information content (AvgIpc) is 2.84. The van der Waals surface area contributed by atoms with E-state index >= 15 is 0 Å². The van der Waals surface area contributed by atoms with Gasteiger partial charge in [-0.25, -0.2) is 13.4 Å². The molecule has 0 saturated carbocycles. The highest BCUT2D eigenvalue weighted by molar-refractivity contribution is 7.91. The Morgan fingerprint density at radius 2 is 2.24 bits per heavy atom. The first-order chi connectivity index (χ1) is 7.86. The van der Waals surface area contributed by atoms with Crippen LogP contribution < -0.4 is 5.32 Å². The molecule has 1 saturated heterocycles. The Morgan fingerprint density at radius 1 is 1.53 bits per heavy atom. The molecule has 17 heavy (non-hydrogen) atoms. The molecular formula is C11H19N3O2S. The van der Waals surface area contributed by atoms with E-state index in [-0.39, 0.29) is 23.1 Å². The third kappa shape index (κ3) is 2.37. The van der Waals surface area contributed by atoms with Gasteiger partial charge in [0.15, 0.2) is 9.84 Å². The van der Waals surface area contributed by atoms with Crippen LogP contribution in [0.2, 0.25) is 0 Å². The van der Waals surface area contributed by atoms with Gasteiger partial charge in [-0.2, -0.15) is 0 Å². The number of aromatic nitrogens is 2. The lowest BCUT2D eigenvalue weighted by Crippen LogP contribution is -2.36. The minimum Gasteiger partial charge on any atom is -0.329 e. The lowest BCUT2D eigenvalue weighted by atomic mass is 10.0. The van der Waals surface area contributed by atoms with Gasteiger partial charge >= 0.3 is 0 Å². The van der Waals surface area contributed by atoms with Crippen LogP contribution in [0.5, 0.6) is 0 Å². The summed E-state index contributed by atoms with van der Waals surface area (Å²) < 4.78 is 25.0. The van der Waals surface area contributed by atoms with Gasteiger partial charge in [0, 0.05) is 6.04 Å². The second-order valence-electron chi connectivity index (χ2n) is 5.12. The fourth-order valence-corrected chi connectivity index (χ4v) is 3.91. The minimum atomic E-state index is -2.86. The van der Waals surface area contributed by atoms with Crippen molar-refractivity contribution in [1.82, 2.24) is 14.9 Å². The van der Waals surface area contributed by atoms with E-state index < -0.39 is 9.84 Å². The standard InChI is InChI=1S/C11H19N3O2S/c1-11(2,12-3)10-6-13-8-14(10)9-4-5-17(15,16)7-9/h6,8-9,12H,4-5,7H2,1-3H3. The van der Waals surface area contributed by atoms with Gasteiger partial charge in [0.25, 0.3) is 0 Å². The van der Waals surface area contributed by atoms with Crippen LogP contribution in [0.1, 0.15) is 32.0 Å². The Bertz CT molecular complexity index is 505. The van der Waals surface area contributed by atoms with Gasteiger partial charge in [-0.1, -0.05) is 0 Å². The van der Waals surface area contributed by atoms with Crippen LogP contribution in [0.3, 0.4) is 0 Å². The molecule has 1 fully saturated rings. The van der Waals surface area contributed by atoms with Crippen molar-refractivity contribution < 1.29 is 8.42 Å². The monoisotopic (exact) mass is 257 g/mol. The molecule has 2 heterocycles. The van der Waals surface area contributed by atoms with Gasteiger partial charge in [0.05, 0.1) is 35.3 Å². The highest BCUT2D eigenvalue weighted by Gasteiger charge is 2.32. The van der Waals surface area contributed by atoms with E-state index in [0.717, 1.165) is 5.69 Å². The third-order valence-electron chi connectivity index (χ3n) is 3.53. The second kappa shape index (κ2) is 4.10.